The average molecular weight is 221 g/mol. The number of hydrogen-bond acceptors (Lipinski definition) is 0. The van der Waals surface area contributed by atoms with Gasteiger partial charge in [-0.05, 0) is 12.0 Å². The van der Waals surface area contributed by atoms with Gasteiger partial charge in [-0.3, -0.25) is 0 Å². The minimum Gasteiger partial charge on any atom is -0.103 e. The normalized spacial score (nSPS) is 14.8. The van der Waals surface area contributed by atoms with Gasteiger partial charge in [0.15, 0.2) is 0 Å². The summed E-state index contributed by atoms with van der Waals surface area (Å²) in [5.41, 5.74) is 0.770. The van der Waals surface area contributed by atoms with Gasteiger partial charge in [0.2, 0.25) is 0 Å². The van der Waals surface area contributed by atoms with E-state index in [0.29, 0.717) is 0 Å². The molecular formula is C8H17BrSi. The van der Waals surface area contributed by atoms with Gasteiger partial charge >= 0.3 is 0 Å². The third-order valence-corrected chi connectivity index (χ3v) is 5.02. The third-order valence-electron chi connectivity index (χ3n) is 1.82. The Morgan fingerprint density at radius 1 is 1.50 bits per heavy atom. The summed E-state index contributed by atoms with van der Waals surface area (Å²) in [5, 5.41) is 1.11. The van der Waals surface area contributed by atoms with Crippen molar-refractivity contribution in [3.8, 4) is 0 Å². The highest BCUT2D eigenvalue weighted by Gasteiger charge is 2.22. The molecule has 0 aromatic heterocycles. The zero-order valence-electron chi connectivity index (χ0n) is 7.15. The Bertz CT molecular complexity index is 104. The van der Waals surface area contributed by atoms with Gasteiger partial charge < -0.3 is 0 Å². The monoisotopic (exact) mass is 220 g/mol. The lowest BCUT2D eigenvalue weighted by Gasteiger charge is -2.24. The van der Waals surface area contributed by atoms with Gasteiger partial charge in [-0.15, -0.1) is 6.58 Å². The zero-order valence-corrected chi connectivity index (χ0v) is 9.74. The van der Waals surface area contributed by atoms with Crippen LogP contribution in [0.15, 0.2) is 12.7 Å². The van der Waals surface area contributed by atoms with Gasteiger partial charge in [0, 0.05) is 5.33 Å². The minimum absolute atomic E-state index is 0.770. The van der Waals surface area contributed by atoms with Crippen LogP contribution in [0.2, 0.25) is 25.2 Å². The van der Waals surface area contributed by atoms with E-state index >= 15 is 0 Å². The van der Waals surface area contributed by atoms with Crippen molar-refractivity contribution in [1.29, 1.82) is 0 Å². The Hall–Kier alpha value is 0.437. The summed E-state index contributed by atoms with van der Waals surface area (Å²) in [6, 6.07) is 0. The molecule has 0 aliphatic heterocycles. The number of halogens is 1. The minimum atomic E-state index is -0.956. The molecule has 1 atom stereocenters. The fourth-order valence-corrected chi connectivity index (χ4v) is 3.66. The van der Waals surface area contributed by atoms with Crippen LogP contribution in [0.5, 0.6) is 0 Å². The summed E-state index contributed by atoms with van der Waals surface area (Å²) in [6.07, 6.45) is 3.37. The standard InChI is InChI=1S/C8H17BrSi/c1-5-8(6-7-9)10(2,3)4/h5,8H,1,6-7H2,2-4H3. The van der Waals surface area contributed by atoms with E-state index in [1.807, 2.05) is 0 Å². The maximum atomic E-state index is 3.86. The van der Waals surface area contributed by atoms with Crippen molar-refractivity contribution in [1.82, 2.24) is 0 Å². The predicted molar refractivity (Wildman–Crippen MR) is 55.7 cm³/mol. The van der Waals surface area contributed by atoms with Crippen molar-refractivity contribution in [3.05, 3.63) is 12.7 Å². The van der Waals surface area contributed by atoms with E-state index < -0.39 is 8.07 Å². The Balaban J connectivity index is 3.93. The number of rotatable bonds is 4. The van der Waals surface area contributed by atoms with E-state index in [0.717, 1.165) is 10.9 Å². The van der Waals surface area contributed by atoms with Crippen LogP contribution in [0.25, 0.3) is 0 Å². The molecule has 1 unspecified atom stereocenters. The maximum Gasteiger partial charge on any atom is 0.0513 e. The molecular weight excluding hydrogens is 204 g/mol. The summed E-state index contributed by atoms with van der Waals surface area (Å²) < 4.78 is 0. The number of alkyl halides is 1. The second-order valence-corrected chi connectivity index (χ2v) is 9.95. The van der Waals surface area contributed by atoms with Crippen LogP contribution >= 0.6 is 15.9 Å². The highest BCUT2D eigenvalue weighted by atomic mass is 79.9. The largest absolute Gasteiger partial charge is 0.103 e. The smallest absolute Gasteiger partial charge is 0.0513 e. The van der Waals surface area contributed by atoms with E-state index in [9.17, 15) is 0 Å². The first-order valence-corrected chi connectivity index (χ1v) is 8.40. The summed E-state index contributed by atoms with van der Waals surface area (Å²) in [7, 11) is -0.956. The zero-order chi connectivity index (χ0) is 8.20. The Morgan fingerprint density at radius 2 is 2.00 bits per heavy atom. The van der Waals surface area contributed by atoms with Gasteiger partial charge in [-0.1, -0.05) is 41.6 Å². The van der Waals surface area contributed by atoms with Crippen molar-refractivity contribution in [2.24, 2.45) is 0 Å². The first-order chi connectivity index (χ1) is 4.52. The van der Waals surface area contributed by atoms with Crippen LogP contribution < -0.4 is 0 Å². The molecule has 0 spiro atoms. The van der Waals surface area contributed by atoms with E-state index in [-0.39, 0.29) is 0 Å². The molecule has 0 rings (SSSR count). The molecule has 0 fully saturated rings. The highest BCUT2D eigenvalue weighted by molar-refractivity contribution is 9.09. The lowest BCUT2D eigenvalue weighted by atomic mass is 10.3. The molecule has 0 amide bonds. The SMILES string of the molecule is C=CC(CCBr)[Si](C)(C)C. The summed E-state index contributed by atoms with van der Waals surface area (Å²) in [4.78, 5) is 0. The Kier molecular flexibility index (Phi) is 4.53. The molecule has 0 aliphatic carbocycles. The second-order valence-electron chi connectivity index (χ2n) is 3.69. The molecule has 2 heteroatoms. The van der Waals surface area contributed by atoms with Gasteiger partial charge in [-0.25, -0.2) is 0 Å². The van der Waals surface area contributed by atoms with Gasteiger partial charge in [0.05, 0.1) is 8.07 Å². The molecule has 60 valence electrons. The summed E-state index contributed by atoms with van der Waals surface area (Å²) in [6.45, 7) is 11.0. The summed E-state index contributed by atoms with van der Waals surface area (Å²) >= 11 is 3.46. The topological polar surface area (TPSA) is 0 Å². The lowest BCUT2D eigenvalue weighted by Crippen LogP contribution is -2.26. The molecule has 0 aromatic carbocycles. The van der Waals surface area contributed by atoms with E-state index in [4.69, 9.17) is 0 Å². The molecule has 0 aliphatic rings. The molecule has 0 nitrogen and oxygen atoms in total. The Morgan fingerprint density at radius 3 is 2.10 bits per heavy atom. The molecule has 0 N–H and O–H groups in total. The van der Waals surface area contributed by atoms with Crippen molar-refractivity contribution in [2.45, 2.75) is 31.6 Å². The quantitative estimate of drug-likeness (QED) is 0.386. The van der Waals surface area contributed by atoms with Crippen molar-refractivity contribution in [2.75, 3.05) is 5.33 Å². The Labute approximate surface area is 73.9 Å². The van der Waals surface area contributed by atoms with Crippen molar-refractivity contribution in [3.63, 3.8) is 0 Å². The van der Waals surface area contributed by atoms with Crippen LogP contribution in [0.4, 0.5) is 0 Å². The number of allylic oxidation sites excluding steroid dienone is 1. The van der Waals surface area contributed by atoms with E-state index in [2.05, 4.69) is 48.2 Å². The van der Waals surface area contributed by atoms with Crippen molar-refractivity contribution < 1.29 is 0 Å². The van der Waals surface area contributed by atoms with E-state index in [1.54, 1.807) is 0 Å². The van der Waals surface area contributed by atoms with Gasteiger partial charge in [-0.2, -0.15) is 0 Å². The molecule has 0 aromatic rings. The first-order valence-electron chi connectivity index (χ1n) is 3.71. The molecule has 0 heterocycles. The van der Waals surface area contributed by atoms with Crippen LogP contribution in [-0.4, -0.2) is 13.4 Å². The van der Waals surface area contributed by atoms with Gasteiger partial charge in [0.1, 0.15) is 0 Å². The van der Waals surface area contributed by atoms with Crippen molar-refractivity contribution >= 4 is 24.0 Å². The molecule has 0 saturated heterocycles. The second kappa shape index (κ2) is 4.34. The third kappa shape index (κ3) is 3.57. The van der Waals surface area contributed by atoms with Crippen LogP contribution in [0.1, 0.15) is 6.42 Å². The molecule has 0 radical (unpaired) electrons. The highest BCUT2D eigenvalue weighted by Crippen LogP contribution is 2.26. The number of hydrogen-bond donors (Lipinski definition) is 0. The van der Waals surface area contributed by atoms with Crippen LogP contribution in [0.3, 0.4) is 0 Å². The lowest BCUT2D eigenvalue weighted by molar-refractivity contribution is 0.934. The fourth-order valence-electron chi connectivity index (χ4n) is 1.02. The fraction of sp³-hybridized carbons (Fsp3) is 0.750. The first kappa shape index (κ1) is 10.4. The maximum absolute atomic E-state index is 3.86. The molecule has 0 bridgehead atoms. The predicted octanol–water partition coefficient (Wildman–Crippen LogP) is 3.67. The van der Waals surface area contributed by atoms with E-state index in [1.165, 1.54) is 6.42 Å². The van der Waals surface area contributed by atoms with Gasteiger partial charge in [0.25, 0.3) is 0 Å². The van der Waals surface area contributed by atoms with Crippen LogP contribution in [0, 0.1) is 0 Å². The summed E-state index contributed by atoms with van der Waals surface area (Å²) in [5.74, 6) is 0. The average Bonchev–Trinajstić information content (AvgIpc) is 1.80. The van der Waals surface area contributed by atoms with Crippen LogP contribution in [-0.2, 0) is 0 Å². The molecule has 0 saturated carbocycles. The molecule has 10 heavy (non-hydrogen) atoms.